The van der Waals surface area contributed by atoms with Crippen molar-refractivity contribution >= 4 is 29.2 Å². The zero-order valence-corrected chi connectivity index (χ0v) is 24.9. The molecule has 4 heterocycles. The van der Waals surface area contributed by atoms with E-state index in [4.69, 9.17) is 0 Å². The van der Waals surface area contributed by atoms with E-state index in [1.54, 1.807) is 28.0 Å². The fourth-order valence-corrected chi connectivity index (χ4v) is 4.75. The first kappa shape index (κ1) is 28.8. The Hall–Kier alpha value is -6.35. The Morgan fingerprint density at radius 1 is 0.911 bits per heavy atom. The van der Waals surface area contributed by atoms with Crippen molar-refractivity contribution in [2.75, 3.05) is 10.2 Å². The third kappa shape index (κ3) is 6.23. The average molecular weight is 596 g/mol. The molecule has 0 aliphatic rings. The van der Waals surface area contributed by atoms with Crippen molar-refractivity contribution in [2.45, 2.75) is 13.5 Å². The highest BCUT2D eigenvalue weighted by atomic mass is 16.2. The summed E-state index contributed by atoms with van der Waals surface area (Å²) in [5.41, 5.74) is 6.60. The normalized spacial score (nSPS) is 10.7. The zero-order valence-electron chi connectivity index (χ0n) is 24.9. The maximum absolute atomic E-state index is 13.6. The summed E-state index contributed by atoms with van der Waals surface area (Å²) in [5, 5.41) is 24.3. The molecule has 6 rings (SSSR count). The van der Waals surface area contributed by atoms with Gasteiger partial charge in [0, 0.05) is 61.1 Å². The van der Waals surface area contributed by atoms with E-state index in [9.17, 15) is 10.1 Å². The molecule has 2 amide bonds. The largest absolute Gasteiger partial charge is 0.333 e. The van der Waals surface area contributed by atoms with Crippen molar-refractivity contribution in [3.05, 3.63) is 115 Å². The fourth-order valence-electron chi connectivity index (χ4n) is 4.75. The Morgan fingerprint density at radius 2 is 1.71 bits per heavy atom. The molecule has 222 valence electrons. The van der Waals surface area contributed by atoms with E-state index in [1.165, 1.54) is 11.1 Å². The molecule has 6 aromatic rings. The van der Waals surface area contributed by atoms with E-state index in [0.717, 1.165) is 27.9 Å². The third-order valence-electron chi connectivity index (χ3n) is 7.29. The van der Waals surface area contributed by atoms with Gasteiger partial charge >= 0.3 is 6.03 Å². The first-order valence-electron chi connectivity index (χ1n) is 14.1. The van der Waals surface area contributed by atoms with Gasteiger partial charge in [-0.2, -0.15) is 15.5 Å². The summed E-state index contributed by atoms with van der Waals surface area (Å²) in [5.74, 6) is 0.783. The Labute approximate surface area is 259 Å². The van der Waals surface area contributed by atoms with Crippen LogP contribution >= 0.6 is 0 Å². The van der Waals surface area contributed by atoms with Gasteiger partial charge in [-0.05, 0) is 48.9 Å². The van der Waals surface area contributed by atoms with Gasteiger partial charge in [0.05, 0.1) is 35.5 Å². The van der Waals surface area contributed by atoms with E-state index >= 15 is 0 Å². The van der Waals surface area contributed by atoms with Crippen molar-refractivity contribution in [3.8, 4) is 28.5 Å². The number of anilines is 4. The van der Waals surface area contributed by atoms with E-state index in [1.807, 2.05) is 93.9 Å². The Morgan fingerprint density at radius 3 is 2.36 bits per heavy atom. The van der Waals surface area contributed by atoms with E-state index in [0.29, 0.717) is 40.9 Å². The second-order valence-electron chi connectivity index (χ2n) is 10.3. The van der Waals surface area contributed by atoms with Crippen LogP contribution in [0.3, 0.4) is 0 Å². The number of pyridine rings is 1. The minimum Gasteiger partial charge on any atom is -0.333 e. The highest BCUT2D eigenvalue weighted by Crippen LogP contribution is 2.29. The number of hydrogen-bond donors (Lipinski definition) is 2. The number of rotatable bonds is 8. The van der Waals surface area contributed by atoms with Crippen molar-refractivity contribution in [1.82, 2.24) is 39.8 Å². The summed E-state index contributed by atoms with van der Waals surface area (Å²) in [6, 6.07) is 22.6. The fraction of sp³-hybridized carbons (Fsp3) is 0.121. The number of carbonyl (C=O) groups is 1. The van der Waals surface area contributed by atoms with Gasteiger partial charge in [-0.3, -0.25) is 9.36 Å². The molecule has 45 heavy (non-hydrogen) atoms. The zero-order chi connectivity index (χ0) is 31.3. The van der Waals surface area contributed by atoms with Gasteiger partial charge in [-0.1, -0.05) is 30.3 Å². The van der Waals surface area contributed by atoms with Crippen molar-refractivity contribution in [1.29, 1.82) is 5.26 Å². The molecule has 4 aromatic heterocycles. The lowest BCUT2D eigenvalue weighted by molar-refractivity contribution is 0.248. The second-order valence-corrected chi connectivity index (χ2v) is 10.3. The minimum absolute atomic E-state index is 0.324. The van der Waals surface area contributed by atoms with Crippen LogP contribution in [0.1, 0.15) is 16.8 Å². The van der Waals surface area contributed by atoms with Crippen LogP contribution in [0, 0.1) is 18.3 Å². The quantitative estimate of drug-likeness (QED) is 0.230. The smallest absolute Gasteiger partial charge is 0.327 e. The summed E-state index contributed by atoms with van der Waals surface area (Å²) in [6.45, 7) is 2.28. The second kappa shape index (κ2) is 12.5. The molecule has 0 radical (unpaired) electrons. The molecule has 0 bridgehead atoms. The molecule has 0 spiro atoms. The Balaban J connectivity index is 1.27. The topological polar surface area (TPSA) is 142 Å². The third-order valence-corrected chi connectivity index (χ3v) is 7.29. The number of nitriles is 1. The molecule has 0 saturated carbocycles. The van der Waals surface area contributed by atoms with Crippen LogP contribution in [0.4, 0.5) is 27.9 Å². The van der Waals surface area contributed by atoms with E-state index in [-0.39, 0.29) is 6.03 Å². The number of benzene rings is 2. The lowest BCUT2D eigenvalue weighted by Crippen LogP contribution is -2.37. The lowest BCUT2D eigenvalue weighted by Gasteiger charge is -2.23. The summed E-state index contributed by atoms with van der Waals surface area (Å²) in [4.78, 5) is 28.7. The number of aryl methyl sites for hydroxylation is 2. The monoisotopic (exact) mass is 595 g/mol. The molecule has 0 fully saturated rings. The van der Waals surface area contributed by atoms with Crippen LogP contribution in [-0.2, 0) is 20.6 Å². The van der Waals surface area contributed by atoms with Crippen LogP contribution in [0.2, 0.25) is 0 Å². The average Bonchev–Trinajstić information content (AvgIpc) is 3.66. The highest BCUT2D eigenvalue weighted by Gasteiger charge is 2.20. The molecule has 0 unspecified atom stereocenters. The number of hydrogen-bond acceptors (Lipinski definition) is 8. The van der Waals surface area contributed by atoms with Crippen LogP contribution in [0.5, 0.6) is 0 Å². The van der Waals surface area contributed by atoms with Gasteiger partial charge in [0.15, 0.2) is 0 Å². The molecule has 2 N–H and O–H groups in total. The number of aromatic nitrogens is 7. The number of nitrogens with zero attached hydrogens (tertiary/aromatic N) is 9. The number of nitrogens with one attached hydrogen (secondary N) is 2. The summed E-state index contributed by atoms with van der Waals surface area (Å²) in [7, 11) is 3.69. The van der Waals surface area contributed by atoms with Gasteiger partial charge in [-0.15, -0.1) is 0 Å². The highest BCUT2D eigenvalue weighted by molar-refractivity contribution is 5.98. The van der Waals surface area contributed by atoms with E-state index in [2.05, 4.69) is 41.9 Å². The van der Waals surface area contributed by atoms with Gasteiger partial charge < -0.3 is 10.6 Å². The molecular weight excluding hydrogens is 566 g/mol. The summed E-state index contributed by atoms with van der Waals surface area (Å²) in [6.07, 6.45) is 8.58. The van der Waals surface area contributed by atoms with Crippen LogP contribution < -0.4 is 15.5 Å². The molecule has 0 saturated heterocycles. The SMILES string of the molecule is Cc1c(-c2nc(Nc3ccc(N(C(=O)NCc4ccccc4)c4ccc(-c5cnn(C)c5)cn4)cc3)ncc2C#N)cnn1C. The van der Waals surface area contributed by atoms with Gasteiger partial charge in [0.2, 0.25) is 5.95 Å². The number of urea groups is 1. The van der Waals surface area contributed by atoms with Gasteiger partial charge in [-0.25, -0.2) is 24.6 Å². The molecular formula is C33H29N11O. The molecule has 0 aliphatic heterocycles. The maximum Gasteiger partial charge on any atom is 0.327 e. The molecule has 0 aliphatic carbocycles. The van der Waals surface area contributed by atoms with Crippen LogP contribution in [0.15, 0.2) is 97.7 Å². The van der Waals surface area contributed by atoms with Crippen molar-refractivity contribution in [2.24, 2.45) is 14.1 Å². The Bertz CT molecular complexity index is 1990. The maximum atomic E-state index is 13.6. The summed E-state index contributed by atoms with van der Waals surface area (Å²) >= 11 is 0. The minimum atomic E-state index is -0.326. The van der Waals surface area contributed by atoms with Crippen molar-refractivity contribution in [3.63, 3.8) is 0 Å². The van der Waals surface area contributed by atoms with E-state index < -0.39 is 0 Å². The number of carbonyl (C=O) groups excluding carboxylic acids is 1. The van der Waals surface area contributed by atoms with Gasteiger partial charge in [0.25, 0.3) is 0 Å². The lowest BCUT2D eigenvalue weighted by atomic mass is 10.1. The first-order chi connectivity index (χ1) is 21.9. The number of amides is 2. The predicted octanol–water partition coefficient (Wildman–Crippen LogP) is 5.64. The molecule has 0 atom stereocenters. The molecule has 12 heteroatoms. The van der Waals surface area contributed by atoms with Crippen molar-refractivity contribution < 1.29 is 4.79 Å². The first-order valence-corrected chi connectivity index (χ1v) is 14.1. The standard InChI is InChI=1S/C33H29N11O/c1-22-29(20-39-43(22)3)31-25(15-34)18-36-32(41-31)40-27-10-12-28(13-11-27)44(33(45)37-16-23-7-5-4-6-8-23)30-14-9-24(17-35-30)26-19-38-42(2)21-26/h4-14,17-21H,16H2,1-3H3,(H,37,45)(H,36,40,41). The van der Waals surface area contributed by atoms with Crippen LogP contribution in [0.25, 0.3) is 22.4 Å². The molecule has 2 aromatic carbocycles. The summed E-state index contributed by atoms with van der Waals surface area (Å²) < 4.78 is 3.46. The van der Waals surface area contributed by atoms with Gasteiger partial charge in [0.1, 0.15) is 11.9 Å². The molecule has 12 nitrogen and oxygen atoms in total. The Kier molecular flexibility index (Phi) is 7.98. The van der Waals surface area contributed by atoms with Crippen LogP contribution in [-0.4, -0.2) is 40.5 Å². The predicted molar refractivity (Wildman–Crippen MR) is 171 cm³/mol.